The molecular formula is C15H14F2N2O2. The molecule has 110 valence electrons. The number of aryl methyl sites for hydroxylation is 1. The van der Waals surface area contributed by atoms with E-state index in [-0.39, 0.29) is 5.69 Å². The highest BCUT2D eigenvalue weighted by molar-refractivity contribution is 6.00. The third-order valence-electron chi connectivity index (χ3n) is 2.78. The predicted octanol–water partition coefficient (Wildman–Crippen LogP) is 3.93. The van der Waals surface area contributed by atoms with E-state index < -0.39 is 17.7 Å². The van der Waals surface area contributed by atoms with Crippen molar-refractivity contribution in [1.29, 1.82) is 0 Å². The quantitative estimate of drug-likeness (QED) is 0.900. The predicted molar refractivity (Wildman–Crippen MR) is 76.7 cm³/mol. The van der Waals surface area contributed by atoms with Gasteiger partial charge in [-0.1, -0.05) is 6.07 Å². The molecule has 2 aromatic rings. The third kappa shape index (κ3) is 3.68. The first kappa shape index (κ1) is 14.8. The van der Waals surface area contributed by atoms with Crippen LogP contribution in [0.15, 0.2) is 36.4 Å². The zero-order chi connectivity index (χ0) is 15.4. The molecule has 0 saturated heterocycles. The third-order valence-corrected chi connectivity index (χ3v) is 2.78. The molecule has 21 heavy (non-hydrogen) atoms. The molecule has 0 saturated carbocycles. The van der Waals surface area contributed by atoms with E-state index in [2.05, 4.69) is 10.6 Å². The van der Waals surface area contributed by atoms with Gasteiger partial charge in [0.25, 0.3) is 0 Å². The summed E-state index contributed by atoms with van der Waals surface area (Å²) in [5.74, 6) is -1.07. The van der Waals surface area contributed by atoms with Crippen LogP contribution in [-0.2, 0) is 0 Å². The Bertz CT molecular complexity index is 675. The number of hydrogen-bond acceptors (Lipinski definition) is 2. The highest BCUT2D eigenvalue weighted by Crippen LogP contribution is 2.25. The summed E-state index contributed by atoms with van der Waals surface area (Å²) < 4.78 is 31.4. The highest BCUT2D eigenvalue weighted by Gasteiger charge is 2.10. The van der Waals surface area contributed by atoms with Crippen LogP contribution in [0.5, 0.6) is 5.75 Å². The lowest BCUT2D eigenvalue weighted by atomic mass is 10.2. The Morgan fingerprint density at radius 1 is 1.05 bits per heavy atom. The Hall–Kier alpha value is -2.63. The number of carbonyl (C=O) groups excluding carboxylic acids is 1. The van der Waals surface area contributed by atoms with Crippen molar-refractivity contribution in [3.63, 3.8) is 0 Å². The molecule has 0 aromatic heterocycles. The fourth-order valence-electron chi connectivity index (χ4n) is 1.79. The maximum atomic E-state index is 13.5. The van der Waals surface area contributed by atoms with Gasteiger partial charge in [-0.3, -0.25) is 0 Å². The van der Waals surface area contributed by atoms with Crippen LogP contribution < -0.4 is 15.4 Å². The number of methoxy groups -OCH3 is 1. The van der Waals surface area contributed by atoms with Crippen molar-refractivity contribution < 1.29 is 18.3 Å². The van der Waals surface area contributed by atoms with Gasteiger partial charge in [-0.05, 0) is 36.8 Å². The number of anilines is 2. The first-order valence-corrected chi connectivity index (χ1v) is 6.17. The van der Waals surface area contributed by atoms with Crippen LogP contribution in [0, 0.1) is 18.6 Å². The van der Waals surface area contributed by atoms with Crippen LogP contribution in [-0.4, -0.2) is 13.1 Å². The normalized spacial score (nSPS) is 10.1. The summed E-state index contributed by atoms with van der Waals surface area (Å²) in [6, 6.07) is 7.53. The molecule has 2 aromatic carbocycles. The summed E-state index contributed by atoms with van der Waals surface area (Å²) in [5, 5.41) is 4.87. The molecule has 4 nitrogen and oxygen atoms in total. The lowest BCUT2D eigenvalue weighted by Gasteiger charge is -2.12. The van der Waals surface area contributed by atoms with E-state index in [0.717, 1.165) is 17.7 Å². The number of carbonyl (C=O) groups is 1. The summed E-state index contributed by atoms with van der Waals surface area (Å²) in [6.07, 6.45) is 0. The Morgan fingerprint density at radius 3 is 2.43 bits per heavy atom. The van der Waals surface area contributed by atoms with Crippen LogP contribution in [0.4, 0.5) is 25.0 Å². The molecule has 2 amide bonds. The zero-order valence-corrected chi connectivity index (χ0v) is 11.5. The van der Waals surface area contributed by atoms with Crippen molar-refractivity contribution >= 4 is 17.4 Å². The molecule has 2 rings (SSSR count). The molecular weight excluding hydrogens is 278 g/mol. The number of halogens is 2. The molecule has 0 aliphatic heterocycles. The van der Waals surface area contributed by atoms with Crippen LogP contribution in [0.3, 0.4) is 0 Å². The zero-order valence-electron chi connectivity index (χ0n) is 11.5. The van der Waals surface area contributed by atoms with Gasteiger partial charge in [0.2, 0.25) is 0 Å². The number of amides is 2. The molecule has 0 fully saturated rings. The highest BCUT2D eigenvalue weighted by atomic mass is 19.1. The summed E-state index contributed by atoms with van der Waals surface area (Å²) >= 11 is 0. The SMILES string of the molecule is COc1ccc(C)cc1NC(=O)Nc1ccc(F)cc1F. The van der Waals surface area contributed by atoms with Crippen molar-refractivity contribution in [3.8, 4) is 5.75 Å². The molecule has 0 atom stereocenters. The second kappa shape index (κ2) is 6.21. The van der Waals surface area contributed by atoms with Crippen molar-refractivity contribution in [2.45, 2.75) is 6.92 Å². The molecule has 6 heteroatoms. The topological polar surface area (TPSA) is 50.4 Å². The number of nitrogens with one attached hydrogen (secondary N) is 2. The monoisotopic (exact) mass is 292 g/mol. The minimum absolute atomic E-state index is 0.111. The first-order chi connectivity index (χ1) is 9.99. The van der Waals surface area contributed by atoms with Crippen molar-refractivity contribution in [2.75, 3.05) is 17.7 Å². The minimum atomic E-state index is -0.846. The van der Waals surface area contributed by atoms with Crippen molar-refractivity contribution in [1.82, 2.24) is 0 Å². The van der Waals surface area contributed by atoms with Gasteiger partial charge in [-0.15, -0.1) is 0 Å². The molecule has 0 unspecified atom stereocenters. The Balaban J connectivity index is 2.13. The van der Waals surface area contributed by atoms with Crippen molar-refractivity contribution in [2.24, 2.45) is 0 Å². The second-order valence-electron chi connectivity index (χ2n) is 4.41. The van der Waals surface area contributed by atoms with E-state index in [1.807, 2.05) is 13.0 Å². The lowest BCUT2D eigenvalue weighted by Crippen LogP contribution is -2.20. The van der Waals surface area contributed by atoms with E-state index in [0.29, 0.717) is 17.5 Å². The van der Waals surface area contributed by atoms with Gasteiger partial charge >= 0.3 is 6.03 Å². The molecule has 0 bridgehead atoms. The second-order valence-corrected chi connectivity index (χ2v) is 4.41. The largest absolute Gasteiger partial charge is 0.495 e. The molecule has 0 spiro atoms. The average molecular weight is 292 g/mol. The first-order valence-electron chi connectivity index (χ1n) is 6.17. The summed E-state index contributed by atoms with van der Waals surface area (Å²) in [6.45, 7) is 1.86. The number of ether oxygens (including phenoxy) is 1. The Morgan fingerprint density at radius 2 is 1.76 bits per heavy atom. The number of benzene rings is 2. The maximum Gasteiger partial charge on any atom is 0.323 e. The summed E-state index contributed by atoms with van der Waals surface area (Å²) in [5.41, 5.74) is 1.28. The molecule has 0 aliphatic carbocycles. The van der Waals surface area contributed by atoms with Crippen LogP contribution in [0.2, 0.25) is 0 Å². The van der Waals surface area contributed by atoms with E-state index in [1.54, 1.807) is 12.1 Å². The van der Waals surface area contributed by atoms with Gasteiger partial charge in [-0.25, -0.2) is 13.6 Å². The fourth-order valence-corrected chi connectivity index (χ4v) is 1.79. The number of hydrogen-bond donors (Lipinski definition) is 2. The van der Waals surface area contributed by atoms with Gasteiger partial charge < -0.3 is 15.4 Å². The average Bonchev–Trinajstić information content (AvgIpc) is 2.42. The van der Waals surface area contributed by atoms with Crippen LogP contribution >= 0.6 is 0 Å². The Kier molecular flexibility index (Phi) is 4.37. The summed E-state index contributed by atoms with van der Waals surface area (Å²) in [4.78, 5) is 11.9. The Labute approximate surface area is 120 Å². The fraction of sp³-hybridized carbons (Fsp3) is 0.133. The maximum absolute atomic E-state index is 13.5. The van der Waals surface area contributed by atoms with Gasteiger partial charge in [0.05, 0.1) is 18.5 Å². The lowest BCUT2D eigenvalue weighted by molar-refractivity contribution is 0.262. The minimum Gasteiger partial charge on any atom is -0.495 e. The standard InChI is InChI=1S/C15H14F2N2O2/c1-9-3-6-14(21-2)13(7-9)19-15(20)18-12-5-4-10(16)8-11(12)17/h3-8H,1-2H3,(H2,18,19,20). The van der Waals surface area contributed by atoms with Crippen LogP contribution in [0.1, 0.15) is 5.56 Å². The van der Waals surface area contributed by atoms with E-state index in [4.69, 9.17) is 4.74 Å². The van der Waals surface area contributed by atoms with Crippen molar-refractivity contribution in [3.05, 3.63) is 53.6 Å². The molecule has 2 N–H and O–H groups in total. The summed E-state index contributed by atoms with van der Waals surface area (Å²) in [7, 11) is 1.48. The van der Waals surface area contributed by atoms with Gasteiger partial charge in [0.1, 0.15) is 17.4 Å². The van der Waals surface area contributed by atoms with E-state index >= 15 is 0 Å². The molecule has 0 aliphatic rings. The van der Waals surface area contributed by atoms with Gasteiger partial charge in [-0.2, -0.15) is 0 Å². The number of rotatable bonds is 3. The molecule has 0 radical (unpaired) electrons. The van der Waals surface area contributed by atoms with Gasteiger partial charge in [0.15, 0.2) is 0 Å². The van der Waals surface area contributed by atoms with Crippen LogP contribution in [0.25, 0.3) is 0 Å². The smallest absolute Gasteiger partial charge is 0.323 e. The molecule has 0 heterocycles. The van der Waals surface area contributed by atoms with E-state index in [1.165, 1.54) is 7.11 Å². The van der Waals surface area contributed by atoms with Gasteiger partial charge in [0, 0.05) is 6.07 Å². The number of urea groups is 1. The van der Waals surface area contributed by atoms with E-state index in [9.17, 15) is 13.6 Å².